The largest absolute Gasteiger partial charge is 0.122 e. The van der Waals surface area contributed by atoms with Crippen LogP contribution >= 0.6 is 35.0 Å². The summed E-state index contributed by atoms with van der Waals surface area (Å²) in [4.78, 5) is 0. The van der Waals surface area contributed by atoms with Crippen molar-refractivity contribution in [1.82, 2.24) is 0 Å². The van der Waals surface area contributed by atoms with Crippen molar-refractivity contribution in [1.29, 1.82) is 0 Å². The molecule has 0 aliphatic carbocycles. The van der Waals surface area contributed by atoms with E-state index in [-0.39, 0.29) is 14.8 Å². The lowest BCUT2D eigenvalue weighted by Gasteiger charge is -2.49. The molecule has 2 atom stereocenters. The smallest absolute Gasteiger partial charge is 0.0985 e. The number of hydrogen-bond donors (Lipinski definition) is 0. The van der Waals surface area contributed by atoms with E-state index in [9.17, 15) is 0 Å². The van der Waals surface area contributed by atoms with Crippen LogP contribution < -0.4 is 0 Å². The van der Waals surface area contributed by atoms with Crippen molar-refractivity contribution in [3.8, 4) is 0 Å². The second-order valence-electron chi connectivity index (χ2n) is 4.34. The van der Waals surface area contributed by atoms with E-state index in [4.69, 9.17) is 23.2 Å². The maximum atomic E-state index is 6.54. The maximum Gasteiger partial charge on any atom is 0.0985 e. The summed E-state index contributed by atoms with van der Waals surface area (Å²) < 4.78 is -0.247. The number of thioether (sulfide) groups is 1. The molecule has 1 fully saturated rings. The fourth-order valence-electron chi connectivity index (χ4n) is 2.41. The normalized spacial score (nSPS) is 25.4. The third kappa shape index (κ3) is 1.77. The van der Waals surface area contributed by atoms with Gasteiger partial charge in [-0.05, 0) is 11.1 Å². The Kier molecular flexibility index (Phi) is 3.31. The molecule has 1 aliphatic rings. The molecule has 0 nitrogen and oxygen atoms in total. The number of hydrogen-bond acceptors (Lipinski definition) is 1. The Morgan fingerprint density at radius 2 is 1.22 bits per heavy atom. The molecule has 1 heterocycles. The third-order valence-electron chi connectivity index (χ3n) is 3.32. The fourth-order valence-corrected chi connectivity index (χ4v) is 4.92. The highest BCUT2D eigenvalue weighted by molar-refractivity contribution is 8.04. The Balaban J connectivity index is 2.12. The summed E-state index contributed by atoms with van der Waals surface area (Å²) in [7, 11) is 0. The van der Waals surface area contributed by atoms with E-state index in [1.807, 2.05) is 36.4 Å². The van der Waals surface area contributed by atoms with Crippen LogP contribution in [0.2, 0.25) is 0 Å². The van der Waals surface area contributed by atoms with E-state index >= 15 is 0 Å². The highest BCUT2D eigenvalue weighted by Crippen LogP contribution is 2.61. The standard InChI is InChI=1S/C15H12Cl2S/c16-13-14(17)18-15(13,11-7-3-1-4-8-11)12-9-5-2-6-10-12/h1-10,13-14H/t13-,14-/m1/s1. The van der Waals surface area contributed by atoms with Crippen LogP contribution in [0.15, 0.2) is 60.7 Å². The monoisotopic (exact) mass is 294 g/mol. The number of halogens is 2. The van der Waals surface area contributed by atoms with Gasteiger partial charge in [0, 0.05) is 0 Å². The predicted octanol–water partition coefficient (Wildman–Crippen LogP) is 4.85. The van der Waals surface area contributed by atoms with Gasteiger partial charge in [0.2, 0.25) is 0 Å². The van der Waals surface area contributed by atoms with Gasteiger partial charge in [0.15, 0.2) is 0 Å². The summed E-state index contributed by atoms with van der Waals surface area (Å²) in [5, 5.41) is -0.0889. The molecule has 1 saturated heterocycles. The molecular formula is C15H12Cl2S. The first-order valence-electron chi connectivity index (χ1n) is 5.82. The zero-order valence-corrected chi connectivity index (χ0v) is 11.9. The minimum absolute atomic E-state index is 0.0351. The Morgan fingerprint density at radius 3 is 1.56 bits per heavy atom. The highest BCUT2D eigenvalue weighted by atomic mass is 35.5. The lowest BCUT2D eigenvalue weighted by atomic mass is 9.86. The van der Waals surface area contributed by atoms with Crippen LogP contribution in [-0.4, -0.2) is 10.1 Å². The molecule has 3 heteroatoms. The average molecular weight is 295 g/mol. The van der Waals surface area contributed by atoms with Gasteiger partial charge < -0.3 is 0 Å². The van der Waals surface area contributed by atoms with E-state index in [0.29, 0.717) is 0 Å². The Hall–Kier alpha value is -0.630. The maximum absolute atomic E-state index is 6.54. The molecular weight excluding hydrogens is 283 g/mol. The summed E-state index contributed by atoms with van der Waals surface area (Å²) >= 11 is 14.5. The number of rotatable bonds is 2. The van der Waals surface area contributed by atoms with Gasteiger partial charge in [0.1, 0.15) is 0 Å². The van der Waals surface area contributed by atoms with Gasteiger partial charge in [-0.1, -0.05) is 60.7 Å². The van der Waals surface area contributed by atoms with Crippen molar-refractivity contribution >= 4 is 35.0 Å². The average Bonchev–Trinajstić information content (AvgIpc) is 2.46. The number of alkyl halides is 2. The molecule has 0 spiro atoms. The van der Waals surface area contributed by atoms with Gasteiger partial charge in [-0.15, -0.1) is 35.0 Å². The van der Waals surface area contributed by atoms with E-state index in [1.54, 1.807) is 11.8 Å². The van der Waals surface area contributed by atoms with Crippen molar-refractivity contribution in [3.63, 3.8) is 0 Å². The first kappa shape index (κ1) is 12.4. The molecule has 2 aromatic rings. The summed E-state index contributed by atoms with van der Waals surface area (Å²) in [6.07, 6.45) is 0. The van der Waals surface area contributed by atoms with Crippen molar-refractivity contribution in [3.05, 3.63) is 71.8 Å². The first-order valence-corrected chi connectivity index (χ1v) is 7.57. The van der Waals surface area contributed by atoms with Gasteiger partial charge in [0.05, 0.1) is 14.8 Å². The minimum atomic E-state index is -0.212. The van der Waals surface area contributed by atoms with Crippen molar-refractivity contribution in [2.45, 2.75) is 14.8 Å². The molecule has 0 radical (unpaired) electrons. The zero-order chi connectivity index (χ0) is 12.6. The molecule has 0 bridgehead atoms. The molecule has 1 aliphatic heterocycles. The van der Waals surface area contributed by atoms with Crippen LogP contribution in [0.4, 0.5) is 0 Å². The van der Waals surface area contributed by atoms with Crippen LogP contribution in [-0.2, 0) is 4.75 Å². The summed E-state index contributed by atoms with van der Waals surface area (Å²) in [5.74, 6) is 0. The third-order valence-corrected chi connectivity index (χ3v) is 6.42. The minimum Gasteiger partial charge on any atom is -0.122 e. The van der Waals surface area contributed by atoms with Crippen LogP contribution in [0.25, 0.3) is 0 Å². The molecule has 0 N–H and O–H groups in total. The summed E-state index contributed by atoms with van der Waals surface area (Å²) in [5.41, 5.74) is 2.44. The molecule has 92 valence electrons. The Bertz CT molecular complexity index is 487. The van der Waals surface area contributed by atoms with E-state index in [2.05, 4.69) is 24.3 Å². The molecule has 18 heavy (non-hydrogen) atoms. The fraction of sp³-hybridized carbons (Fsp3) is 0.200. The van der Waals surface area contributed by atoms with Crippen molar-refractivity contribution in [2.24, 2.45) is 0 Å². The highest BCUT2D eigenvalue weighted by Gasteiger charge is 2.55. The van der Waals surface area contributed by atoms with Crippen molar-refractivity contribution < 1.29 is 0 Å². The van der Waals surface area contributed by atoms with Crippen LogP contribution in [0.3, 0.4) is 0 Å². The molecule has 3 rings (SSSR count). The summed E-state index contributed by atoms with van der Waals surface area (Å²) in [6, 6.07) is 20.7. The Morgan fingerprint density at radius 1 is 0.778 bits per heavy atom. The topological polar surface area (TPSA) is 0 Å². The summed E-state index contributed by atoms with van der Waals surface area (Å²) in [6.45, 7) is 0. The van der Waals surface area contributed by atoms with E-state index in [0.717, 1.165) is 0 Å². The van der Waals surface area contributed by atoms with Gasteiger partial charge >= 0.3 is 0 Å². The molecule has 2 aromatic carbocycles. The Labute approximate surface area is 121 Å². The van der Waals surface area contributed by atoms with Crippen LogP contribution in [0.1, 0.15) is 11.1 Å². The van der Waals surface area contributed by atoms with Gasteiger partial charge in [-0.3, -0.25) is 0 Å². The zero-order valence-electron chi connectivity index (χ0n) is 9.59. The van der Waals surface area contributed by atoms with Crippen LogP contribution in [0, 0.1) is 0 Å². The van der Waals surface area contributed by atoms with Gasteiger partial charge in [-0.25, -0.2) is 0 Å². The second-order valence-corrected chi connectivity index (χ2v) is 6.93. The quantitative estimate of drug-likeness (QED) is 0.714. The van der Waals surface area contributed by atoms with E-state index in [1.165, 1.54) is 11.1 Å². The van der Waals surface area contributed by atoms with Crippen LogP contribution in [0.5, 0.6) is 0 Å². The molecule has 0 amide bonds. The van der Waals surface area contributed by atoms with Crippen molar-refractivity contribution in [2.75, 3.05) is 0 Å². The molecule has 0 saturated carbocycles. The van der Waals surface area contributed by atoms with Gasteiger partial charge in [0.25, 0.3) is 0 Å². The lowest BCUT2D eigenvalue weighted by molar-refractivity contribution is 0.656. The van der Waals surface area contributed by atoms with E-state index < -0.39 is 0 Å². The predicted molar refractivity (Wildman–Crippen MR) is 80.5 cm³/mol. The second kappa shape index (κ2) is 4.80. The first-order chi connectivity index (χ1) is 8.75. The lowest BCUT2D eigenvalue weighted by Crippen LogP contribution is -2.49. The SMILES string of the molecule is Cl[C@@H]1SC(c2ccccc2)(c2ccccc2)[C@@H]1Cl. The van der Waals surface area contributed by atoms with Gasteiger partial charge in [-0.2, -0.15) is 0 Å². The molecule has 0 unspecified atom stereocenters. The number of benzene rings is 2. The molecule has 0 aromatic heterocycles.